The summed E-state index contributed by atoms with van der Waals surface area (Å²) < 4.78 is 24.7. The molecule has 0 bridgehead atoms. The van der Waals surface area contributed by atoms with Crippen molar-refractivity contribution in [1.29, 1.82) is 0 Å². The molecule has 0 aliphatic carbocycles. The van der Waals surface area contributed by atoms with E-state index in [0.717, 1.165) is 12.1 Å². The van der Waals surface area contributed by atoms with Crippen LogP contribution in [0.5, 0.6) is 0 Å². The topological polar surface area (TPSA) is 63.4 Å². The van der Waals surface area contributed by atoms with Crippen molar-refractivity contribution < 1.29 is 18.8 Å². The first-order valence-electron chi connectivity index (χ1n) is 4.14. The number of nitrogens with zero attached hydrogens (tertiary/aromatic N) is 1. The molecule has 0 radical (unpaired) electrons. The van der Waals surface area contributed by atoms with E-state index >= 15 is 0 Å². The number of benzene rings is 1. The van der Waals surface area contributed by atoms with Crippen LogP contribution in [0.2, 0.25) is 0 Å². The van der Waals surface area contributed by atoms with Gasteiger partial charge >= 0.3 is 0 Å². The highest BCUT2D eigenvalue weighted by Crippen LogP contribution is 2.29. The van der Waals surface area contributed by atoms with Crippen molar-refractivity contribution in [1.82, 2.24) is 0 Å². The molecule has 82 valence electrons. The average molecular weight is 217 g/mol. The number of aliphatic hydroxyl groups excluding tert-OH is 1. The van der Waals surface area contributed by atoms with Crippen molar-refractivity contribution in [2.24, 2.45) is 0 Å². The number of aryl methyl sites for hydroxylation is 1. The first-order chi connectivity index (χ1) is 6.97. The van der Waals surface area contributed by atoms with Crippen LogP contribution in [0.25, 0.3) is 0 Å². The molecule has 0 aliphatic rings. The van der Waals surface area contributed by atoms with E-state index in [1.54, 1.807) is 0 Å². The van der Waals surface area contributed by atoms with Gasteiger partial charge in [0.05, 0.1) is 17.1 Å². The Kier molecular flexibility index (Phi) is 3.31. The van der Waals surface area contributed by atoms with Crippen LogP contribution >= 0.6 is 0 Å². The summed E-state index contributed by atoms with van der Waals surface area (Å²) in [5.74, 6) is 0. The van der Waals surface area contributed by atoms with E-state index in [4.69, 9.17) is 5.11 Å². The number of hydrogen-bond acceptors (Lipinski definition) is 3. The van der Waals surface area contributed by atoms with Gasteiger partial charge in [0, 0.05) is 11.1 Å². The van der Waals surface area contributed by atoms with Gasteiger partial charge in [0.1, 0.15) is 0 Å². The van der Waals surface area contributed by atoms with Gasteiger partial charge in [-0.05, 0) is 19.1 Å². The third-order valence-corrected chi connectivity index (χ3v) is 2.01. The highest BCUT2D eigenvalue weighted by atomic mass is 19.3. The SMILES string of the molecule is Cc1cc(C(F)F)cc(CO)c1[N+](=O)[O-]. The Labute approximate surface area is 84.3 Å². The summed E-state index contributed by atoms with van der Waals surface area (Å²) in [4.78, 5) is 9.91. The highest BCUT2D eigenvalue weighted by molar-refractivity contribution is 5.49. The normalized spacial score (nSPS) is 10.7. The van der Waals surface area contributed by atoms with E-state index in [2.05, 4.69) is 0 Å². The van der Waals surface area contributed by atoms with Crippen LogP contribution in [0.4, 0.5) is 14.5 Å². The molecule has 0 saturated heterocycles. The van der Waals surface area contributed by atoms with E-state index < -0.39 is 18.0 Å². The molecule has 0 saturated carbocycles. The molecule has 0 spiro atoms. The lowest BCUT2D eigenvalue weighted by molar-refractivity contribution is -0.386. The first-order valence-corrected chi connectivity index (χ1v) is 4.14. The van der Waals surface area contributed by atoms with Gasteiger partial charge in [0.15, 0.2) is 0 Å². The molecular weight excluding hydrogens is 208 g/mol. The molecule has 0 aliphatic heterocycles. The van der Waals surface area contributed by atoms with Crippen LogP contribution in [0.3, 0.4) is 0 Å². The van der Waals surface area contributed by atoms with Crippen molar-refractivity contribution in [3.63, 3.8) is 0 Å². The van der Waals surface area contributed by atoms with E-state index in [1.807, 2.05) is 0 Å². The molecule has 0 heterocycles. The number of rotatable bonds is 3. The van der Waals surface area contributed by atoms with Crippen LogP contribution in [0.15, 0.2) is 12.1 Å². The van der Waals surface area contributed by atoms with Crippen LogP contribution in [0.1, 0.15) is 23.1 Å². The number of alkyl halides is 2. The van der Waals surface area contributed by atoms with Crippen LogP contribution in [-0.2, 0) is 6.61 Å². The zero-order valence-corrected chi connectivity index (χ0v) is 7.91. The lowest BCUT2D eigenvalue weighted by atomic mass is 10.0. The molecule has 0 atom stereocenters. The summed E-state index contributed by atoms with van der Waals surface area (Å²) in [5.41, 5.74) is -0.582. The van der Waals surface area contributed by atoms with Gasteiger partial charge in [-0.1, -0.05) is 0 Å². The summed E-state index contributed by atoms with van der Waals surface area (Å²) >= 11 is 0. The maximum Gasteiger partial charge on any atom is 0.277 e. The molecule has 0 fully saturated rings. The quantitative estimate of drug-likeness (QED) is 0.624. The van der Waals surface area contributed by atoms with E-state index in [1.165, 1.54) is 6.92 Å². The molecule has 1 aromatic rings. The summed E-state index contributed by atoms with van der Waals surface area (Å²) in [6, 6.07) is 2.01. The second kappa shape index (κ2) is 4.31. The van der Waals surface area contributed by atoms with Crippen LogP contribution < -0.4 is 0 Å². The Hall–Kier alpha value is -1.56. The summed E-state index contributed by atoms with van der Waals surface area (Å²) in [6.45, 7) is 0.737. The number of nitro groups is 1. The van der Waals surface area contributed by atoms with E-state index in [-0.39, 0.29) is 22.4 Å². The highest BCUT2D eigenvalue weighted by Gasteiger charge is 2.20. The average Bonchev–Trinajstić information content (AvgIpc) is 2.15. The van der Waals surface area contributed by atoms with Gasteiger partial charge in [0.25, 0.3) is 12.1 Å². The summed E-state index contributed by atoms with van der Waals surface area (Å²) in [7, 11) is 0. The minimum atomic E-state index is -2.70. The molecule has 0 unspecified atom stereocenters. The minimum absolute atomic E-state index is 0.0877. The molecule has 1 N–H and O–H groups in total. The molecule has 0 aromatic heterocycles. The van der Waals surface area contributed by atoms with Gasteiger partial charge in [-0.25, -0.2) is 8.78 Å². The number of hydrogen-bond donors (Lipinski definition) is 1. The van der Waals surface area contributed by atoms with E-state index in [9.17, 15) is 18.9 Å². The molecule has 0 amide bonds. The van der Waals surface area contributed by atoms with Crippen molar-refractivity contribution in [2.45, 2.75) is 20.0 Å². The van der Waals surface area contributed by atoms with Crippen LogP contribution in [-0.4, -0.2) is 10.0 Å². The van der Waals surface area contributed by atoms with Crippen LogP contribution in [0, 0.1) is 17.0 Å². The predicted octanol–water partition coefficient (Wildman–Crippen LogP) is 2.33. The number of nitro benzene ring substituents is 1. The van der Waals surface area contributed by atoms with Gasteiger partial charge in [-0.2, -0.15) is 0 Å². The Bertz CT molecular complexity index is 393. The predicted molar refractivity (Wildman–Crippen MR) is 48.7 cm³/mol. The largest absolute Gasteiger partial charge is 0.391 e. The smallest absolute Gasteiger partial charge is 0.277 e. The Morgan fingerprint density at radius 1 is 1.53 bits per heavy atom. The second-order valence-corrected chi connectivity index (χ2v) is 3.06. The van der Waals surface area contributed by atoms with Crippen molar-refractivity contribution in [3.8, 4) is 0 Å². The fourth-order valence-corrected chi connectivity index (χ4v) is 1.39. The van der Waals surface area contributed by atoms with Gasteiger partial charge in [-0.3, -0.25) is 10.1 Å². The Morgan fingerprint density at radius 3 is 2.53 bits per heavy atom. The van der Waals surface area contributed by atoms with Gasteiger partial charge in [0.2, 0.25) is 0 Å². The second-order valence-electron chi connectivity index (χ2n) is 3.06. The van der Waals surface area contributed by atoms with Gasteiger partial charge in [-0.15, -0.1) is 0 Å². The zero-order valence-electron chi connectivity index (χ0n) is 7.91. The molecular formula is C9H9F2NO3. The standard InChI is InChI=1S/C9H9F2NO3/c1-5-2-6(9(10)11)3-7(4-13)8(5)12(14)15/h2-3,9,13H,4H2,1H3. The zero-order chi connectivity index (χ0) is 11.6. The third kappa shape index (κ3) is 2.27. The minimum Gasteiger partial charge on any atom is -0.391 e. The molecule has 6 heteroatoms. The fourth-order valence-electron chi connectivity index (χ4n) is 1.39. The summed E-state index contributed by atoms with van der Waals surface area (Å²) in [5, 5.41) is 19.4. The molecule has 4 nitrogen and oxygen atoms in total. The molecule has 15 heavy (non-hydrogen) atoms. The monoisotopic (exact) mass is 217 g/mol. The number of aliphatic hydroxyl groups is 1. The Balaban J connectivity index is 3.37. The number of halogens is 2. The lowest BCUT2D eigenvalue weighted by Crippen LogP contribution is -2.00. The first kappa shape index (κ1) is 11.5. The molecule has 1 rings (SSSR count). The van der Waals surface area contributed by atoms with Crippen molar-refractivity contribution in [2.75, 3.05) is 0 Å². The molecule has 1 aromatic carbocycles. The summed E-state index contributed by atoms with van der Waals surface area (Å²) in [6.07, 6.45) is -2.70. The lowest BCUT2D eigenvalue weighted by Gasteiger charge is -2.06. The maximum atomic E-state index is 12.3. The van der Waals surface area contributed by atoms with Gasteiger partial charge < -0.3 is 5.11 Å². The third-order valence-electron chi connectivity index (χ3n) is 2.01. The van der Waals surface area contributed by atoms with E-state index in [0.29, 0.717) is 0 Å². The van der Waals surface area contributed by atoms with Crippen molar-refractivity contribution >= 4 is 5.69 Å². The fraction of sp³-hybridized carbons (Fsp3) is 0.333. The van der Waals surface area contributed by atoms with Crippen molar-refractivity contribution in [3.05, 3.63) is 38.9 Å². The Morgan fingerprint density at radius 2 is 2.13 bits per heavy atom. The maximum absolute atomic E-state index is 12.3.